The topological polar surface area (TPSA) is 28.5 Å². The zero-order chi connectivity index (χ0) is 17.6. The van der Waals surface area contributed by atoms with Gasteiger partial charge in [-0.2, -0.15) is 0 Å². The molecule has 2 aliphatic heterocycles. The van der Waals surface area contributed by atoms with Crippen molar-refractivity contribution in [2.75, 3.05) is 26.7 Å². The van der Waals surface area contributed by atoms with Crippen LogP contribution in [0.1, 0.15) is 37.3 Å². The van der Waals surface area contributed by atoms with Gasteiger partial charge in [0, 0.05) is 50.2 Å². The highest BCUT2D eigenvalue weighted by Gasteiger charge is 2.32. The van der Waals surface area contributed by atoms with E-state index < -0.39 is 0 Å². The predicted octanol–water partition coefficient (Wildman–Crippen LogP) is 3.35. The average molecular weight is 343 g/mol. The Morgan fingerprint density at radius 3 is 2.76 bits per heavy atom. The lowest BCUT2D eigenvalue weighted by molar-refractivity contribution is -0.134. The summed E-state index contributed by atoms with van der Waals surface area (Å²) in [7, 11) is 1.89. The first-order valence-corrected chi connectivity index (χ1v) is 9.28. The van der Waals surface area contributed by atoms with Crippen molar-refractivity contribution in [3.8, 4) is 0 Å². The minimum absolute atomic E-state index is 0.145. The molecule has 0 spiro atoms. The Kier molecular flexibility index (Phi) is 4.28. The van der Waals surface area contributed by atoms with Crippen molar-refractivity contribution >= 4 is 16.8 Å². The molecule has 4 rings (SSSR count). The molecule has 3 heterocycles. The largest absolute Gasteiger partial charge is 0.346 e. The van der Waals surface area contributed by atoms with E-state index in [-0.39, 0.29) is 11.7 Å². The highest BCUT2D eigenvalue weighted by Crippen LogP contribution is 2.32. The van der Waals surface area contributed by atoms with Crippen LogP contribution in [0.15, 0.2) is 24.4 Å². The number of fused-ring (bicyclic) bond motifs is 1. The molecule has 2 atom stereocenters. The normalized spacial score (nSPS) is 25.7. The molecule has 2 aliphatic rings. The lowest BCUT2D eigenvalue weighted by Crippen LogP contribution is -2.49. The quantitative estimate of drug-likeness (QED) is 0.837. The number of benzene rings is 1. The van der Waals surface area contributed by atoms with Crippen LogP contribution in [0.4, 0.5) is 4.39 Å². The smallest absolute Gasteiger partial charge is 0.223 e. The van der Waals surface area contributed by atoms with Crippen molar-refractivity contribution < 1.29 is 9.18 Å². The van der Waals surface area contributed by atoms with Crippen LogP contribution in [0.5, 0.6) is 0 Å². The summed E-state index contributed by atoms with van der Waals surface area (Å²) in [5.74, 6) is 0.107. The summed E-state index contributed by atoms with van der Waals surface area (Å²) in [4.78, 5) is 16.4. The summed E-state index contributed by atoms with van der Waals surface area (Å²) in [6.45, 7) is 4.90. The molecule has 0 radical (unpaired) electrons. The van der Waals surface area contributed by atoms with Crippen molar-refractivity contribution in [1.29, 1.82) is 0 Å². The molecular formula is C20H26FN3O. The number of nitrogens with zero attached hydrogens (tertiary/aromatic N) is 3. The third kappa shape index (κ3) is 2.95. The van der Waals surface area contributed by atoms with E-state index >= 15 is 0 Å². The first-order valence-electron chi connectivity index (χ1n) is 9.28. The number of amides is 1. The maximum atomic E-state index is 14.1. The van der Waals surface area contributed by atoms with Crippen LogP contribution < -0.4 is 0 Å². The monoisotopic (exact) mass is 343 g/mol. The maximum absolute atomic E-state index is 14.1. The fourth-order valence-corrected chi connectivity index (χ4v) is 4.51. The van der Waals surface area contributed by atoms with E-state index in [0.29, 0.717) is 23.9 Å². The van der Waals surface area contributed by atoms with Crippen LogP contribution in [0, 0.1) is 12.7 Å². The number of halogens is 1. The number of hydrogen-bond acceptors (Lipinski definition) is 2. The van der Waals surface area contributed by atoms with E-state index in [1.807, 2.05) is 30.3 Å². The summed E-state index contributed by atoms with van der Waals surface area (Å²) in [5, 5.41) is 0.714. The van der Waals surface area contributed by atoms with Gasteiger partial charge in [-0.05, 0) is 50.4 Å². The van der Waals surface area contributed by atoms with Crippen molar-refractivity contribution in [2.24, 2.45) is 0 Å². The maximum Gasteiger partial charge on any atom is 0.223 e. The third-order valence-corrected chi connectivity index (χ3v) is 6.00. The molecule has 1 aromatic heterocycles. The SMILES string of the molecule is Cc1ccc(F)c2ccn(C3CCCN(C4CCN(C)C(=O)C4)C3)c12. The second-order valence-corrected chi connectivity index (χ2v) is 7.60. The van der Waals surface area contributed by atoms with Gasteiger partial charge in [0.1, 0.15) is 5.82 Å². The molecule has 0 bridgehead atoms. The Morgan fingerprint density at radius 2 is 1.96 bits per heavy atom. The molecular weight excluding hydrogens is 317 g/mol. The Morgan fingerprint density at radius 1 is 1.12 bits per heavy atom. The first kappa shape index (κ1) is 16.6. The molecule has 0 aliphatic carbocycles. The second-order valence-electron chi connectivity index (χ2n) is 7.60. The molecule has 1 aromatic carbocycles. The van der Waals surface area contributed by atoms with Gasteiger partial charge in [-0.15, -0.1) is 0 Å². The number of hydrogen-bond donors (Lipinski definition) is 0. The van der Waals surface area contributed by atoms with Crippen LogP contribution in [-0.2, 0) is 4.79 Å². The minimum atomic E-state index is -0.145. The van der Waals surface area contributed by atoms with Crippen molar-refractivity contribution in [1.82, 2.24) is 14.4 Å². The molecule has 4 nitrogen and oxygen atoms in total. The number of carbonyl (C=O) groups excluding carboxylic acids is 1. The summed E-state index contributed by atoms with van der Waals surface area (Å²) in [5.41, 5.74) is 2.14. The number of piperidine rings is 2. The first-order chi connectivity index (χ1) is 12.0. The molecule has 25 heavy (non-hydrogen) atoms. The Labute approximate surface area is 148 Å². The third-order valence-electron chi connectivity index (χ3n) is 6.00. The van der Waals surface area contributed by atoms with Gasteiger partial charge >= 0.3 is 0 Å². The summed E-state index contributed by atoms with van der Waals surface area (Å²) >= 11 is 0. The number of likely N-dealkylation sites (tertiary alicyclic amines) is 2. The van der Waals surface area contributed by atoms with Gasteiger partial charge in [0.15, 0.2) is 0 Å². The van der Waals surface area contributed by atoms with Crippen molar-refractivity contribution in [2.45, 2.75) is 44.7 Å². The molecule has 2 fully saturated rings. The lowest BCUT2D eigenvalue weighted by Gasteiger charge is -2.41. The van der Waals surface area contributed by atoms with E-state index in [9.17, 15) is 9.18 Å². The Hall–Kier alpha value is -1.88. The van der Waals surface area contributed by atoms with E-state index in [1.165, 1.54) is 0 Å². The van der Waals surface area contributed by atoms with Crippen LogP contribution >= 0.6 is 0 Å². The van der Waals surface area contributed by atoms with Gasteiger partial charge in [0.05, 0.1) is 5.52 Å². The fraction of sp³-hybridized carbons (Fsp3) is 0.550. The van der Waals surface area contributed by atoms with Crippen molar-refractivity contribution in [3.05, 3.63) is 35.8 Å². The molecule has 134 valence electrons. The number of carbonyl (C=O) groups is 1. The van der Waals surface area contributed by atoms with Gasteiger partial charge in [-0.3, -0.25) is 9.69 Å². The van der Waals surface area contributed by atoms with Gasteiger partial charge in [0.25, 0.3) is 0 Å². The Balaban J connectivity index is 1.58. The average Bonchev–Trinajstić information content (AvgIpc) is 3.07. The standard InChI is InChI=1S/C20H26FN3O/c1-14-5-6-18(21)17-8-11-24(20(14)17)16-4-3-9-23(13-16)15-7-10-22(2)19(25)12-15/h5-6,8,11,15-16H,3-4,7,9-10,12-13H2,1-2H3. The molecule has 0 N–H and O–H groups in total. The second kappa shape index (κ2) is 6.45. The number of rotatable bonds is 2. The van der Waals surface area contributed by atoms with Gasteiger partial charge < -0.3 is 9.47 Å². The summed E-state index contributed by atoms with van der Waals surface area (Å²) in [6, 6.07) is 6.02. The van der Waals surface area contributed by atoms with E-state index in [0.717, 1.165) is 50.0 Å². The zero-order valence-electron chi connectivity index (χ0n) is 15.0. The summed E-state index contributed by atoms with van der Waals surface area (Å²) in [6.07, 6.45) is 5.95. The molecule has 2 saturated heterocycles. The van der Waals surface area contributed by atoms with Crippen LogP contribution in [0.3, 0.4) is 0 Å². The molecule has 2 aromatic rings. The van der Waals surface area contributed by atoms with Gasteiger partial charge in [0.2, 0.25) is 5.91 Å². The van der Waals surface area contributed by atoms with E-state index in [1.54, 1.807) is 6.07 Å². The predicted molar refractivity (Wildman–Crippen MR) is 97.1 cm³/mol. The molecule has 5 heteroatoms. The minimum Gasteiger partial charge on any atom is -0.346 e. The van der Waals surface area contributed by atoms with E-state index in [4.69, 9.17) is 0 Å². The summed E-state index contributed by atoms with van der Waals surface area (Å²) < 4.78 is 16.4. The lowest BCUT2D eigenvalue weighted by atomic mass is 9.97. The zero-order valence-corrected chi connectivity index (χ0v) is 15.0. The Bertz CT molecular complexity index is 800. The number of aryl methyl sites for hydroxylation is 1. The molecule has 2 unspecified atom stereocenters. The molecule has 0 saturated carbocycles. The van der Waals surface area contributed by atoms with Crippen LogP contribution in [0.2, 0.25) is 0 Å². The highest BCUT2D eigenvalue weighted by molar-refractivity contribution is 5.84. The number of aromatic nitrogens is 1. The molecule has 1 amide bonds. The van der Waals surface area contributed by atoms with Crippen molar-refractivity contribution in [3.63, 3.8) is 0 Å². The van der Waals surface area contributed by atoms with Crippen LogP contribution in [0.25, 0.3) is 10.9 Å². The van der Waals surface area contributed by atoms with Gasteiger partial charge in [-0.1, -0.05) is 6.07 Å². The van der Waals surface area contributed by atoms with Crippen LogP contribution in [-0.4, -0.2) is 53.0 Å². The fourth-order valence-electron chi connectivity index (χ4n) is 4.51. The van der Waals surface area contributed by atoms with Gasteiger partial charge in [-0.25, -0.2) is 4.39 Å². The highest BCUT2D eigenvalue weighted by atomic mass is 19.1. The van der Waals surface area contributed by atoms with E-state index in [2.05, 4.69) is 16.4 Å².